The Morgan fingerprint density at radius 2 is 1.80 bits per heavy atom. The Kier molecular flexibility index (Phi) is 4.69. The summed E-state index contributed by atoms with van der Waals surface area (Å²) in [5.41, 5.74) is 0.355. The van der Waals surface area contributed by atoms with Gasteiger partial charge in [-0.25, -0.2) is 0 Å². The number of benzene rings is 1. The highest BCUT2D eigenvalue weighted by molar-refractivity contribution is 5.94. The SMILES string of the molecule is O=C(N[C@@H]1[C@@H](O)[C@@H](CO)O[C@@H](O)[C@H]1O)c1ccccc1. The lowest BCUT2D eigenvalue weighted by Gasteiger charge is -2.40. The molecule has 7 nitrogen and oxygen atoms in total. The maximum atomic E-state index is 12.0. The van der Waals surface area contributed by atoms with Crippen molar-refractivity contribution in [2.45, 2.75) is 30.6 Å². The molecule has 0 aromatic heterocycles. The third-order valence-electron chi connectivity index (χ3n) is 3.24. The van der Waals surface area contributed by atoms with Gasteiger partial charge in [0.25, 0.3) is 5.91 Å². The molecule has 0 spiro atoms. The summed E-state index contributed by atoms with van der Waals surface area (Å²) >= 11 is 0. The molecule has 20 heavy (non-hydrogen) atoms. The highest BCUT2D eigenvalue weighted by Gasteiger charge is 2.44. The molecular formula is C13H17NO6. The molecule has 0 bridgehead atoms. The third kappa shape index (κ3) is 2.97. The number of hydrogen-bond donors (Lipinski definition) is 5. The molecule has 1 aliphatic rings. The van der Waals surface area contributed by atoms with Gasteiger partial charge in [-0.15, -0.1) is 0 Å². The quantitative estimate of drug-likeness (QED) is 0.447. The van der Waals surface area contributed by atoms with Gasteiger partial charge in [0.05, 0.1) is 12.6 Å². The van der Waals surface area contributed by atoms with Crippen LogP contribution >= 0.6 is 0 Å². The standard InChI is InChI=1S/C13H17NO6/c15-6-8-10(16)9(11(17)13(19)20-8)14-12(18)7-4-2-1-3-5-7/h1-5,8-11,13,15-17,19H,6H2,(H,14,18)/t8-,9-,10+,11+,13-/m1/s1. The molecule has 5 atom stereocenters. The van der Waals surface area contributed by atoms with Crippen LogP contribution in [0.5, 0.6) is 0 Å². The van der Waals surface area contributed by atoms with Crippen molar-refractivity contribution in [1.82, 2.24) is 5.32 Å². The molecule has 1 aromatic carbocycles. The molecule has 1 aromatic rings. The van der Waals surface area contributed by atoms with Gasteiger partial charge in [0.2, 0.25) is 0 Å². The molecule has 110 valence electrons. The molecule has 1 fully saturated rings. The highest BCUT2D eigenvalue weighted by atomic mass is 16.6. The van der Waals surface area contributed by atoms with Crippen molar-refractivity contribution in [3.05, 3.63) is 35.9 Å². The monoisotopic (exact) mass is 283 g/mol. The average Bonchev–Trinajstić information content (AvgIpc) is 2.48. The van der Waals surface area contributed by atoms with Crippen LogP contribution in [0.2, 0.25) is 0 Å². The number of aliphatic hydroxyl groups is 4. The first-order valence-electron chi connectivity index (χ1n) is 6.21. The zero-order chi connectivity index (χ0) is 14.7. The van der Waals surface area contributed by atoms with Crippen LogP contribution in [0.15, 0.2) is 30.3 Å². The zero-order valence-electron chi connectivity index (χ0n) is 10.6. The largest absolute Gasteiger partial charge is 0.394 e. The van der Waals surface area contributed by atoms with E-state index >= 15 is 0 Å². The predicted molar refractivity (Wildman–Crippen MR) is 67.7 cm³/mol. The fraction of sp³-hybridized carbons (Fsp3) is 0.462. The normalized spacial score (nSPS) is 33.7. The summed E-state index contributed by atoms with van der Waals surface area (Å²) in [6.45, 7) is -0.539. The Morgan fingerprint density at radius 3 is 2.40 bits per heavy atom. The van der Waals surface area contributed by atoms with Crippen LogP contribution in [-0.2, 0) is 4.74 Å². The lowest BCUT2D eigenvalue weighted by atomic mass is 9.96. The van der Waals surface area contributed by atoms with E-state index in [2.05, 4.69) is 5.32 Å². The van der Waals surface area contributed by atoms with E-state index in [4.69, 9.17) is 9.84 Å². The van der Waals surface area contributed by atoms with Crippen molar-refractivity contribution in [3.63, 3.8) is 0 Å². The van der Waals surface area contributed by atoms with Crippen molar-refractivity contribution in [1.29, 1.82) is 0 Å². The fourth-order valence-corrected chi connectivity index (χ4v) is 2.10. The fourth-order valence-electron chi connectivity index (χ4n) is 2.10. The second-order valence-electron chi connectivity index (χ2n) is 4.59. The van der Waals surface area contributed by atoms with Crippen LogP contribution in [0.3, 0.4) is 0 Å². The Balaban J connectivity index is 2.11. The maximum absolute atomic E-state index is 12.0. The number of carbonyl (C=O) groups excluding carboxylic acids is 1. The molecule has 0 unspecified atom stereocenters. The second kappa shape index (κ2) is 6.29. The molecule has 1 heterocycles. The Bertz CT molecular complexity index is 453. The Morgan fingerprint density at radius 1 is 1.15 bits per heavy atom. The summed E-state index contributed by atoms with van der Waals surface area (Å²) in [7, 11) is 0. The van der Waals surface area contributed by atoms with Crippen LogP contribution in [-0.4, -0.2) is 63.6 Å². The van der Waals surface area contributed by atoms with Gasteiger partial charge in [-0.05, 0) is 12.1 Å². The van der Waals surface area contributed by atoms with Gasteiger partial charge < -0.3 is 30.5 Å². The molecule has 0 saturated carbocycles. The van der Waals surface area contributed by atoms with Crippen LogP contribution in [0.1, 0.15) is 10.4 Å². The van der Waals surface area contributed by atoms with Crippen LogP contribution in [0.25, 0.3) is 0 Å². The van der Waals surface area contributed by atoms with Gasteiger partial charge >= 0.3 is 0 Å². The third-order valence-corrected chi connectivity index (χ3v) is 3.24. The lowest BCUT2D eigenvalue weighted by Crippen LogP contribution is -2.64. The number of ether oxygens (including phenoxy) is 1. The molecular weight excluding hydrogens is 266 g/mol. The van der Waals surface area contributed by atoms with Crippen LogP contribution in [0.4, 0.5) is 0 Å². The van der Waals surface area contributed by atoms with E-state index in [1.54, 1.807) is 30.3 Å². The molecule has 1 amide bonds. The van der Waals surface area contributed by atoms with E-state index in [0.717, 1.165) is 0 Å². The van der Waals surface area contributed by atoms with Crippen molar-refractivity contribution in [3.8, 4) is 0 Å². The summed E-state index contributed by atoms with van der Waals surface area (Å²) in [5.74, 6) is -0.500. The number of hydrogen-bond acceptors (Lipinski definition) is 6. The summed E-state index contributed by atoms with van der Waals surface area (Å²) in [5, 5.41) is 40.7. The van der Waals surface area contributed by atoms with E-state index in [1.165, 1.54) is 0 Å². The predicted octanol–water partition coefficient (Wildman–Crippen LogP) is -1.78. The molecule has 1 aliphatic heterocycles. The Labute approximate surface area is 115 Å². The van der Waals surface area contributed by atoms with Crippen molar-refractivity contribution >= 4 is 5.91 Å². The molecule has 1 saturated heterocycles. The molecule has 5 N–H and O–H groups in total. The van der Waals surface area contributed by atoms with Gasteiger partial charge in [-0.3, -0.25) is 4.79 Å². The number of rotatable bonds is 3. The minimum atomic E-state index is -1.59. The van der Waals surface area contributed by atoms with E-state index in [0.29, 0.717) is 5.56 Å². The summed E-state index contributed by atoms with van der Waals surface area (Å²) in [6, 6.07) is 7.12. The van der Waals surface area contributed by atoms with Gasteiger partial charge in [0, 0.05) is 5.56 Å². The van der Waals surface area contributed by atoms with Crippen molar-refractivity contribution in [2.24, 2.45) is 0 Å². The lowest BCUT2D eigenvalue weighted by molar-refractivity contribution is -0.260. The maximum Gasteiger partial charge on any atom is 0.251 e. The minimum absolute atomic E-state index is 0.355. The number of nitrogens with one attached hydrogen (secondary N) is 1. The van der Waals surface area contributed by atoms with Crippen LogP contribution in [0, 0.1) is 0 Å². The first-order chi connectivity index (χ1) is 9.54. The van der Waals surface area contributed by atoms with E-state index in [-0.39, 0.29) is 0 Å². The first kappa shape index (κ1) is 14.9. The minimum Gasteiger partial charge on any atom is -0.394 e. The summed E-state index contributed by atoms with van der Waals surface area (Å²) in [4.78, 5) is 12.0. The molecule has 2 rings (SSSR count). The molecule has 0 radical (unpaired) electrons. The van der Waals surface area contributed by atoms with E-state index in [9.17, 15) is 20.1 Å². The van der Waals surface area contributed by atoms with Gasteiger partial charge in [0.15, 0.2) is 6.29 Å². The number of amides is 1. The summed E-state index contributed by atoms with van der Waals surface area (Å²) < 4.78 is 4.83. The first-order valence-corrected chi connectivity index (χ1v) is 6.21. The van der Waals surface area contributed by atoms with Gasteiger partial charge in [-0.1, -0.05) is 18.2 Å². The highest BCUT2D eigenvalue weighted by Crippen LogP contribution is 2.20. The van der Waals surface area contributed by atoms with Crippen molar-refractivity contribution in [2.75, 3.05) is 6.61 Å². The average molecular weight is 283 g/mol. The zero-order valence-corrected chi connectivity index (χ0v) is 10.6. The number of aliphatic hydroxyl groups excluding tert-OH is 4. The number of carbonyl (C=O) groups is 1. The van der Waals surface area contributed by atoms with Gasteiger partial charge in [-0.2, -0.15) is 0 Å². The molecule has 7 heteroatoms. The van der Waals surface area contributed by atoms with Crippen molar-refractivity contribution < 1.29 is 30.0 Å². The van der Waals surface area contributed by atoms with E-state index in [1.807, 2.05) is 0 Å². The summed E-state index contributed by atoms with van der Waals surface area (Å²) in [6.07, 6.45) is -5.47. The van der Waals surface area contributed by atoms with Crippen LogP contribution < -0.4 is 5.32 Å². The topological polar surface area (TPSA) is 119 Å². The second-order valence-corrected chi connectivity index (χ2v) is 4.59. The van der Waals surface area contributed by atoms with Gasteiger partial charge in [0.1, 0.15) is 18.3 Å². The smallest absolute Gasteiger partial charge is 0.251 e. The van der Waals surface area contributed by atoms with E-state index < -0.39 is 43.2 Å². The molecule has 0 aliphatic carbocycles. The Hall–Kier alpha value is -1.51.